The van der Waals surface area contributed by atoms with E-state index in [0.29, 0.717) is 41.5 Å². The van der Waals surface area contributed by atoms with Crippen LogP contribution in [0, 0.1) is 6.92 Å². The fourth-order valence-electron chi connectivity index (χ4n) is 6.20. The number of carbonyl (C=O) groups is 1. The van der Waals surface area contributed by atoms with Gasteiger partial charge in [0.1, 0.15) is 11.3 Å². The van der Waals surface area contributed by atoms with Crippen molar-refractivity contribution >= 4 is 34.5 Å². The monoisotopic (exact) mass is 574 g/mol. The van der Waals surface area contributed by atoms with Gasteiger partial charge in [0.15, 0.2) is 11.5 Å². The summed E-state index contributed by atoms with van der Waals surface area (Å²) in [5.41, 5.74) is 3.19. The zero-order valence-electron chi connectivity index (χ0n) is 24.6. The highest BCUT2D eigenvalue weighted by molar-refractivity contribution is 6.03. The van der Waals surface area contributed by atoms with Gasteiger partial charge in [-0.25, -0.2) is 4.79 Å². The van der Waals surface area contributed by atoms with Gasteiger partial charge in [-0.05, 0) is 51.3 Å². The lowest BCUT2D eigenvalue weighted by molar-refractivity contribution is 0.0774. The van der Waals surface area contributed by atoms with Crippen molar-refractivity contribution in [3.05, 3.63) is 51.9 Å². The minimum Gasteiger partial charge on any atom is -0.493 e. The van der Waals surface area contributed by atoms with Crippen LogP contribution in [0.2, 0.25) is 0 Å². The van der Waals surface area contributed by atoms with Crippen LogP contribution < -0.4 is 24.7 Å². The molecule has 4 heterocycles. The van der Waals surface area contributed by atoms with Gasteiger partial charge in [-0.1, -0.05) is 0 Å². The van der Waals surface area contributed by atoms with Crippen molar-refractivity contribution < 1.29 is 23.4 Å². The molecule has 3 aromatic rings. The molecule has 1 atom stereocenters. The average Bonchev–Trinajstić information content (AvgIpc) is 3.43. The molecule has 1 amide bonds. The molecule has 2 fully saturated rings. The molecule has 6 rings (SSSR count). The topological polar surface area (TPSA) is 97.0 Å². The quantitative estimate of drug-likeness (QED) is 0.274. The number of aryl methyl sites for hydroxylation is 1. The number of ether oxygens (including phenoxy) is 3. The van der Waals surface area contributed by atoms with Gasteiger partial charge in [0, 0.05) is 68.6 Å². The number of rotatable bonds is 9. The van der Waals surface area contributed by atoms with E-state index >= 15 is 0 Å². The first kappa shape index (κ1) is 28.1. The summed E-state index contributed by atoms with van der Waals surface area (Å²) in [6.07, 6.45) is 4.68. The predicted octanol–water partition coefficient (Wildman–Crippen LogP) is 4.42. The molecule has 0 N–H and O–H groups in total. The summed E-state index contributed by atoms with van der Waals surface area (Å²) < 4.78 is 23.0. The lowest BCUT2D eigenvalue weighted by Gasteiger charge is -2.36. The van der Waals surface area contributed by atoms with Crippen molar-refractivity contribution in [2.75, 3.05) is 64.5 Å². The van der Waals surface area contributed by atoms with Gasteiger partial charge < -0.3 is 28.4 Å². The van der Waals surface area contributed by atoms with Gasteiger partial charge in [-0.3, -0.25) is 14.7 Å². The van der Waals surface area contributed by atoms with Crippen molar-refractivity contribution in [1.29, 1.82) is 0 Å². The summed E-state index contributed by atoms with van der Waals surface area (Å²) >= 11 is 0. The summed E-state index contributed by atoms with van der Waals surface area (Å²) in [7, 11) is 1.59. The van der Waals surface area contributed by atoms with Crippen LogP contribution in [0.25, 0.3) is 11.0 Å². The Balaban J connectivity index is 1.05. The number of aliphatic imine (C=N–C) groups is 1. The molecular weight excluding hydrogens is 536 g/mol. The first-order valence-corrected chi connectivity index (χ1v) is 14.8. The van der Waals surface area contributed by atoms with Crippen molar-refractivity contribution in [3.63, 3.8) is 0 Å². The average molecular weight is 575 g/mol. The second-order valence-electron chi connectivity index (χ2n) is 11.0. The van der Waals surface area contributed by atoms with Gasteiger partial charge in [0.2, 0.25) is 0 Å². The normalized spacial score (nSPS) is 18.6. The summed E-state index contributed by atoms with van der Waals surface area (Å²) in [4.78, 5) is 36.7. The Morgan fingerprint density at radius 3 is 2.62 bits per heavy atom. The zero-order valence-corrected chi connectivity index (χ0v) is 24.6. The van der Waals surface area contributed by atoms with Crippen LogP contribution in [-0.4, -0.2) is 87.6 Å². The van der Waals surface area contributed by atoms with E-state index in [-0.39, 0.29) is 17.6 Å². The second-order valence-corrected chi connectivity index (χ2v) is 11.0. The van der Waals surface area contributed by atoms with E-state index in [1.165, 1.54) is 0 Å². The van der Waals surface area contributed by atoms with Crippen LogP contribution in [0.5, 0.6) is 17.2 Å². The maximum absolute atomic E-state index is 13.1. The third kappa shape index (κ3) is 5.43. The lowest BCUT2D eigenvalue weighted by Crippen LogP contribution is -2.47. The first-order valence-electron chi connectivity index (χ1n) is 14.8. The van der Waals surface area contributed by atoms with E-state index < -0.39 is 0 Å². The predicted molar refractivity (Wildman–Crippen MR) is 162 cm³/mol. The standard InChI is InChI=1S/C32H38N4O6/c1-4-40-27-9-8-23-26(19-30(37)42-31(23)21(27)2)35-14-12-34(13-15-35)10-6-16-41-29-18-25-24(17-28(29)39-3)32(38)36-11-5-7-22(36)20-33-25/h8-9,17-20,22H,4-7,10-16H2,1-3H3/t22-/m0/s1. The van der Waals surface area contributed by atoms with Gasteiger partial charge in [-0.2, -0.15) is 0 Å². The summed E-state index contributed by atoms with van der Waals surface area (Å²) in [6.45, 7) is 9.99. The largest absolute Gasteiger partial charge is 0.493 e. The number of amides is 1. The number of methoxy groups -OCH3 is 1. The lowest BCUT2D eigenvalue weighted by atomic mass is 10.1. The fourth-order valence-corrected chi connectivity index (χ4v) is 6.20. The molecular formula is C32H38N4O6. The number of piperazine rings is 1. The Hall–Kier alpha value is -4.05. The number of benzene rings is 2. The van der Waals surface area contributed by atoms with Crippen LogP contribution in [0.1, 0.15) is 42.1 Å². The highest BCUT2D eigenvalue weighted by atomic mass is 16.5. The summed E-state index contributed by atoms with van der Waals surface area (Å²) in [5, 5.41) is 0.929. The van der Waals surface area contributed by atoms with Crippen LogP contribution >= 0.6 is 0 Å². The molecule has 10 heteroatoms. The van der Waals surface area contributed by atoms with Crippen LogP contribution in [-0.2, 0) is 0 Å². The molecule has 0 radical (unpaired) electrons. The number of carbonyl (C=O) groups excluding carboxylic acids is 1. The molecule has 2 saturated heterocycles. The van der Waals surface area contributed by atoms with Gasteiger partial charge in [0.25, 0.3) is 5.91 Å². The van der Waals surface area contributed by atoms with Gasteiger partial charge in [0.05, 0.1) is 43.3 Å². The molecule has 0 saturated carbocycles. The fraction of sp³-hybridized carbons (Fsp3) is 0.469. The Labute approximate surface area is 245 Å². The molecule has 0 aliphatic carbocycles. The van der Waals surface area contributed by atoms with Gasteiger partial charge >= 0.3 is 5.63 Å². The molecule has 0 unspecified atom stereocenters. The maximum atomic E-state index is 13.1. The highest BCUT2D eigenvalue weighted by Gasteiger charge is 2.32. The second kappa shape index (κ2) is 12.1. The molecule has 10 nitrogen and oxygen atoms in total. The molecule has 1 aromatic heterocycles. The van der Waals surface area contributed by atoms with Crippen molar-refractivity contribution in [1.82, 2.24) is 9.80 Å². The third-order valence-corrected chi connectivity index (χ3v) is 8.44. The minimum absolute atomic E-state index is 0.00348. The Morgan fingerprint density at radius 1 is 1.00 bits per heavy atom. The smallest absolute Gasteiger partial charge is 0.338 e. The van der Waals surface area contributed by atoms with Crippen molar-refractivity contribution in [3.8, 4) is 17.2 Å². The van der Waals surface area contributed by atoms with Crippen LogP contribution in [0.3, 0.4) is 0 Å². The van der Waals surface area contributed by atoms with Crippen LogP contribution in [0.15, 0.2) is 44.5 Å². The third-order valence-electron chi connectivity index (χ3n) is 8.44. The summed E-state index contributed by atoms with van der Waals surface area (Å²) in [6, 6.07) is 9.18. The first-order chi connectivity index (χ1) is 20.5. The van der Waals surface area contributed by atoms with E-state index in [4.69, 9.17) is 18.6 Å². The van der Waals surface area contributed by atoms with E-state index in [2.05, 4.69) is 14.8 Å². The molecule has 3 aliphatic rings. The Bertz CT molecular complexity index is 1560. The number of nitrogens with zero attached hydrogens (tertiary/aromatic N) is 4. The highest BCUT2D eigenvalue weighted by Crippen LogP contribution is 2.38. The molecule has 222 valence electrons. The van der Waals surface area contributed by atoms with E-state index in [1.807, 2.05) is 43.2 Å². The van der Waals surface area contributed by atoms with Crippen molar-refractivity contribution in [2.45, 2.75) is 39.2 Å². The molecule has 0 bridgehead atoms. The zero-order chi connectivity index (χ0) is 29.2. The Kier molecular flexibility index (Phi) is 8.06. The van der Waals surface area contributed by atoms with E-state index in [1.54, 1.807) is 19.2 Å². The SMILES string of the molecule is CCOc1ccc2c(N3CCN(CCCOc4cc5c(cc4OC)C(=O)N4CCC[C@H]4C=N5)CC3)cc(=O)oc2c1C. The van der Waals surface area contributed by atoms with Crippen molar-refractivity contribution in [2.24, 2.45) is 4.99 Å². The number of hydrogen-bond donors (Lipinski definition) is 0. The van der Waals surface area contributed by atoms with E-state index in [0.717, 1.165) is 80.9 Å². The van der Waals surface area contributed by atoms with Crippen LogP contribution in [0.4, 0.5) is 11.4 Å². The minimum atomic E-state index is -0.350. The molecule has 2 aromatic carbocycles. The number of fused-ring (bicyclic) bond motifs is 3. The Morgan fingerprint density at radius 2 is 1.83 bits per heavy atom. The van der Waals surface area contributed by atoms with E-state index in [9.17, 15) is 9.59 Å². The number of anilines is 1. The van der Waals surface area contributed by atoms with Gasteiger partial charge in [-0.15, -0.1) is 0 Å². The molecule has 3 aliphatic heterocycles. The molecule has 42 heavy (non-hydrogen) atoms. The number of hydrogen-bond acceptors (Lipinski definition) is 9. The molecule has 0 spiro atoms. The maximum Gasteiger partial charge on any atom is 0.338 e. The summed E-state index contributed by atoms with van der Waals surface area (Å²) in [5.74, 6) is 1.89.